The van der Waals surface area contributed by atoms with Gasteiger partial charge in [0, 0.05) is 6.07 Å². The van der Waals surface area contributed by atoms with Crippen molar-refractivity contribution in [3.05, 3.63) is 48.0 Å². The van der Waals surface area contributed by atoms with Crippen LogP contribution < -0.4 is 19.4 Å². The first-order valence-corrected chi connectivity index (χ1v) is 8.89. The highest BCUT2D eigenvalue weighted by Gasteiger charge is 2.21. The van der Waals surface area contributed by atoms with Gasteiger partial charge in [0.15, 0.2) is 0 Å². The summed E-state index contributed by atoms with van der Waals surface area (Å²) in [5, 5.41) is 0. The van der Waals surface area contributed by atoms with E-state index >= 15 is 0 Å². The van der Waals surface area contributed by atoms with Crippen LogP contribution in [0.3, 0.4) is 0 Å². The molecule has 0 radical (unpaired) electrons. The minimum Gasteiger partial charge on any atom is -0.495 e. The van der Waals surface area contributed by atoms with Crippen LogP contribution in [-0.4, -0.2) is 28.7 Å². The molecular formula is C17H21NO5S. The molecule has 0 unspecified atom stereocenters. The molecule has 2 rings (SSSR count). The third-order valence-corrected chi connectivity index (χ3v) is 4.47. The lowest BCUT2D eigenvalue weighted by atomic mass is 10.2. The van der Waals surface area contributed by atoms with Crippen molar-refractivity contribution < 1.29 is 22.1 Å². The van der Waals surface area contributed by atoms with E-state index in [0.717, 1.165) is 5.56 Å². The summed E-state index contributed by atoms with van der Waals surface area (Å²) in [4.78, 5) is -0.0281. The summed E-state index contributed by atoms with van der Waals surface area (Å²) in [6.45, 7) is 2.81. The van der Waals surface area contributed by atoms with Crippen LogP contribution in [-0.2, 0) is 10.1 Å². The van der Waals surface area contributed by atoms with E-state index in [1.807, 2.05) is 6.92 Å². The van der Waals surface area contributed by atoms with E-state index in [1.54, 1.807) is 30.3 Å². The van der Waals surface area contributed by atoms with Crippen molar-refractivity contribution in [2.45, 2.75) is 18.2 Å². The van der Waals surface area contributed by atoms with Crippen LogP contribution in [0.5, 0.6) is 17.2 Å². The van der Waals surface area contributed by atoms with Crippen molar-refractivity contribution in [1.82, 2.24) is 0 Å². The summed E-state index contributed by atoms with van der Waals surface area (Å²) in [5.41, 5.74) is 6.26. The van der Waals surface area contributed by atoms with Crippen LogP contribution in [0.25, 0.3) is 0 Å². The minimum absolute atomic E-state index is 0.0281. The molecule has 0 fully saturated rings. The normalized spacial score (nSPS) is 11.1. The number of nitrogens with two attached hydrogens (primary N) is 1. The van der Waals surface area contributed by atoms with Crippen LogP contribution in [0, 0.1) is 6.92 Å². The maximum atomic E-state index is 12.5. The van der Waals surface area contributed by atoms with Crippen LogP contribution in [0.1, 0.15) is 12.0 Å². The second kappa shape index (κ2) is 8.03. The van der Waals surface area contributed by atoms with Gasteiger partial charge < -0.3 is 19.4 Å². The number of methoxy groups -OCH3 is 1. The second-order valence-corrected chi connectivity index (χ2v) is 6.68. The van der Waals surface area contributed by atoms with Gasteiger partial charge in [-0.3, -0.25) is 0 Å². The maximum absolute atomic E-state index is 12.5. The highest BCUT2D eigenvalue weighted by atomic mass is 32.2. The molecule has 6 nitrogen and oxygen atoms in total. The lowest BCUT2D eigenvalue weighted by Crippen LogP contribution is -2.11. The topological polar surface area (TPSA) is 87.9 Å². The van der Waals surface area contributed by atoms with E-state index in [1.165, 1.54) is 19.2 Å². The predicted molar refractivity (Wildman–Crippen MR) is 91.2 cm³/mol. The third kappa shape index (κ3) is 4.62. The Bertz CT molecular complexity index is 789. The van der Waals surface area contributed by atoms with Gasteiger partial charge in [-0.05, 0) is 49.7 Å². The molecule has 0 atom stereocenters. The van der Waals surface area contributed by atoms with Crippen molar-refractivity contribution in [2.75, 3.05) is 20.3 Å². The Morgan fingerprint density at radius 1 is 1.08 bits per heavy atom. The van der Waals surface area contributed by atoms with Gasteiger partial charge in [0.05, 0.1) is 13.7 Å². The molecule has 0 amide bonds. The molecular weight excluding hydrogens is 330 g/mol. The Labute approximate surface area is 142 Å². The Kier molecular flexibility index (Phi) is 6.05. The van der Waals surface area contributed by atoms with Gasteiger partial charge >= 0.3 is 10.1 Å². The van der Waals surface area contributed by atoms with Crippen molar-refractivity contribution in [3.63, 3.8) is 0 Å². The van der Waals surface area contributed by atoms with Crippen molar-refractivity contribution in [1.29, 1.82) is 0 Å². The summed E-state index contributed by atoms with van der Waals surface area (Å²) in [7, 11) is -2.61. The van der Waals surface area contributed by atoms with E-state index in [2.05, 4.69) is 0 Å². The van der Waals surface area contributed by atoms with Gasteiger partial charge in [-0.1, -0.05) is 12.1 Å². The zero-order chi connectivity index (χ0) is 17.6. The summed E-state index contributed by atoms with van der Waals surface area (Å²) in [6, 6.07) is 11.3. The number of ether oxygens (including phenoxy) is 2. The molecule has 0 aliphatic carbocycles. The average Bonchev–Trinajstić information content (AvgIpc) is 2.54. The predicted octanol–water partition coefficient (Wildman–Crippen LogP) is 2.50. The number of aryl methyl sites for hydroxylation is 1. The third-order valence-electron chi connectivity index (χ3n) is 3.19. The Morgan fingerprint density at radius 3 is 2.50 bits per heavy atom. The standard InChI is InChI=1S/C17H21NO5S/c1-13-10-14(22-9-5-8-18)12-15(11-13)23-24(19,20)17-7-4-3-6-16(17)21-2/h3-4,6-7,10-12H,5,8-9,18H2,1-2H3. The molecule has 0 saturated carbocycles. The molecule has 7 heteroatoms. The first-order valence-electron chi connectivity index (χ1n) is 7.48. The Hall–Kier alpha value is -2.25. The van der Waals surface area contributed by atoms with Gasteiger partial charge in [-0.15, -0.1) is 0 Å². The molecule has 2 aromatic carbocycles. The largest absolute Gasteiger partial charge is 0.495 e. The highest BCUT2D eigenvalue weighted by Crippen LogP contribution is 2.29. The van der Waals surface area contributed by atoms with Crippen LogP contribution in [0.2, 0.25) is 0 Å². The highest BCUT2D eigenvalue weighted by molar-refractivity contribution is 7.87. The smallest absolute Gasteiger partial charge is 0.342 e. The van der Waals surface area contributed by atoms with E-state index < -0.39 is 10.1 Å². The first-order chi connectivity index (χ1) is 11.5. The van der Waals surface area contributed by atoms with Gasteiger partial charge in [-0.25, -0.2) is 0 Å². The van der Waals surface area contributed by atoms with Crippen molar-refractivity contribution >= 4 is 10.1 Å². The summed E-state index contributed by atoms with van der Waals surface area (Å²) in [6.07, 6.45) is 0.712. The molecule has 0 aliphatic heterocycles. The number of hydrogen-bond acceptors (Lipinski definition) is 6. The molecule has 0 spiro atoms. The van der Waals surface area contributed by atoms with Crippen LogP contribution in [0.4, 0.5) is 0 Å². The van der Waals surface area contributed by atoms with E-state index in [0.29, 0.717) is 25.3 Å². The fourth-order valence-electron chi connectivity index (χ4n) is 2.12. The number of benzene rings is 2. The molecule has 0 aromatic heterocycles. The molecule has 0 saturated heterocycles. The number of hydrogen-bond donors (Lipinski definition) is 1. The van der Waals surface area contributed by atoms with Gasteiger partial charge in [0.1, 0.15) is 22.1 Å². The van der Waals surface area contributed by atoms with Crippen molar-refractivity contribution in [2.24, 2.45) is 5.73 Å². The number of para-hydroxylation sites is 1. The zero-order valence-corrected chi connectivity index (χ0v) is 14.5. The molecule has 130 valence electrons. The van der Waals surface area contributed by atoms with E-state index in [-0.39, 0.29) is 16.4 Å². The monoisotopic (exact) mass is 351 g/mol. The van der Waals surface area contributed by atoms with Gasteiger partial charge in [0.25, 0.3) is 0 Å². The molecule has 2 N–H and O–H groups in total. The molecule has 0 heterocycles. The second-order valence-electron chi connectivity index (χ2n) is 5.16. The Balaban J connectivity index is 2.26. The van der Waals surface area contributed by atoms with E-state index in [4.69, 9.17) is 19.4 Å². The summed E-state index contributed by atoms with van der Waals surface area (Å²) < 4.78 is 40.9. The molecule has 0 bridgehead atoms. The fourth-order valence-corrected chi connectivity index (χ4v) is 3.20. The molecule has 24 heavy (non-hydrogen) atoms. The molecule has 0 aliphatic rings. The average molecular weight is 351 g/mol. The van der Waals surface area contributed by atoms with Gasteiger partial charge in [0.2, 0.25) is 0 Å². The van der Waals surface area contributed by atoms with E-state index in [9.17, 15) is 8.42 Å². The lowest BCUT2D eigenvalue weighted by molar-refractivity contribution is 0.312. The quantitative estimate of drug-likeness (QED) is 0.581. The van der Waals surface area contributed by atoms with Gasteiger partial charge in [-0.2, -0.15) is 8.42 Å². The van der Waals surface area contributed by atoms with Crippen molar-refractivity contribution in [3.8, 4) is 17.2 Å². The SMILES string of the molecule is COc1ccccc1S(=O)(=O)Oc1cc(C)cc(OCCCN)c1. The summed E-state index contributed by atoms with van der Waals surface area (Å²) >= 11 is 0. The maximum Gasteiger partial charge on any atom is 0.342 e. The zero-order valence-electron chi connectivity index (χ0n) is 13.7. The lowest BCUT2D eigenvalue weighted by Gasteiger charge is -2.12. The van der Waals surface area contributed by atoms with Crippen LogP contribution >= 0.6 is 0 Å². The minimum atomic E-state index is -4.02. The molecule has 2 aromatic rings. The van der Waals surface area contributed by atoms with Crippen LogP contribution in [0.15, 0.2) is 47.4 Å². The first kappa shape index (κ1) is 18.1. The number of rotatable bonds is 8. The summed E-state index contributed by atoms with van der Waals surface area (Å²) in [5.74, 6) is 0.946. The fraction of sp³-hybridized carbons (Fsp3) is 0.294. The Morgan fingerprint density at radius 2 is 1.79 bits per heavy atom.